The standard InChI is InChI=1S/C15H20N4O2S/c1-3-19-12(4-6-18-19)14-11(5-7-21-14)15(20)17-9-13-16-8-10(2)22-13/h4,6,8,11,14H,3,5,7,9H2,1-2H3,(H,17,20)/t11-,14-/m1/s1. The normalized spacial score (nSPS) is 21.2. The second-order valence-electron chi connectivity index (χ2n) is 5.34. The molecule has 1 aliphatic heterocycles. The highest BCUT2D eigenvalue weighted by molar-refractivity contribution is 7.11. The summed E-state index contributed by atoms with van der Waals surface area (Å²) in [6, 6.07) is 1.93. The number of hydrogen-bond acceptors (Lipinski definition) is 5. The van der Waals surface area contributed by atoms with Gasteiger partial charge in [0.2, 0.25) is 5.91 Å². The molecule has 0 radical (unpaired) electrons. The van der Waals surface area contributed by atoms with E-state index in [1.807, 2.05) is 30.8 Å². The molecule has 3 heterocycles. The van der Waals surface area contributed by atoms with E-state index in [1.165, 1.54) is 0 Å². The molecule has 118 valence electrons. The summed E-state index contributed by atoms with van der Waals surface area (Å²) in [5.41, 5.74) is 0.977. The van der Waals surface area contributed by atoms with Crippen molar-refractivity contribution in [2.45, 2.75) is 39.5 Å². The number of carbonyl (C=O) groups is 1. The first-order valence-corrected chi connectivity index (χ1v) is 8.33. The molecule has 3 rings (SSSR count). The van der Waals surface area contributed by atoms with Crippen LogP contribution >= 0.6 is 11.3 Å². The van der Waals surface area contributed by atoms with Crippen LogP contribution in [0, 0.1) is 12.8 Å². The predicted molar refractivity (Wildman–Crippen MR) is 83.4 cm³/mol. The van der Waals surface area contributed by atoms with Crippen LogP contribution in [0.1, 0.15) is 35.0 Å². The molecular weight excluding hydrogens is 300 g/mol. The van der Waals surface area contributed by atoms with Gasteiger partial charge in [0.1, 0.15) is 11.1 Å². The van der Waals surface area contributed by atoms with Crippen LogP contribution in [0.15, 0.2) is 18.5 Å². The second-order valence-corrected chi connectivity index (χ2v) is 6.66. The van der Waals surface area contributed by atoms with Crippen molar-refractivity contribution in [3.8, 4) is 0 Å². The van der Waals surface area contributed by atoms with Gasteiger partial charge in [-0.1, -0.05) is 0 Å². The molecule has 6 nitrogen and oxygen atoms in total. The van der Waals surface area contributed by atoms with Crippen molar-refractivity contribution in [2.75, 3.05) is 6.61 Å². The number of aromatic nitrogens is 3. The van der Waals surface area contributed by atoms with Gasteiger partial charge in [-0.2, -0.15) is 5.10 Å². The summed E-state index contributed by atoms with van der Waals surface area (Å²) in [5, 5.41) is 8.18. The van der Waals surface area contributed by atoms with E-state index in [1.54, 1.807) is 17.5 Å². The lowest BCUT2D eigenvalue weighted by molar-refractivity contribution is -0.127. The Labute approximate surface area is 133 Å². The van der Waals surface area contributed by atoms with Crippen molar-refractivity contribution in [2.24, 2.45) is 5.92 Å². The number of thiazole rings is 1. The molecule has 0 aliphatic carbocycles. The number of hydrogen-bond donors (Lipinski definition) is 1. The minimum Gasteiger partial charge on any atom is -0.371 e. The quantitative estimate of drug-likeness (QED) is 0.915. The summed E-state index contributed by atoms with van der Waals surface area (Å²) in [7, 11) is 0. The van der Waals surface area contributed by atoms with Crippen LogP contribution in [0.3, 0.4) is 0 Å². The molecule has 22 heavy (non-hydrogen) atoms. The molecule has 0 bridgehead atoms. The molecule has 0 saturated carbocycles. The van der Waals surface area contributed by atoms with E-state index in [0.29, 0.717) is 13.2 Å². The van der Waals surface area contributed by atoms with Crippen LogP contribution in [0.5, 0.6) is 0 Å². The highest BCUT2D eigenvalue weighted by Gasteiger charge is 2.36. The van der Waals surface area contributed by atoms with Gasteiger partial charge in [-0.15, -0.1) is 11.3 Å². The van der Waals surface area contributed by atoms with Crippen molar-refractivity contribution in [3.63, 3.8) is 0 Å². The number of nitrogens with one attached hydrogen (secondary N) is 1. The van der Waals surface area contributed by atoms with Crippen molar-refractivity contribution in [1.29, 1.82) is 0 Å². The largest absolute Gasteiger partial charge is 0.371 e. The minimum absolute atomic E-state index is 0.0270. The molecule has 1 fully saturated rings. The maximum atomic E-state index is 12.5. The number of ether oxygens (including phenoxy) is 1. The van der Waals surface area contributed by atoms with E-state index in [9.17, 15) is 4.79 Å². The summed E-state index contributed by atoms with van der Waals surface area (Å²) in [4.78, 5) is 17.9. The summed E-state index contributed by atoms with van der Waals surface area (Å²) < 4.78 is 7.68. The Balaban J connectivity index is 1.66. The smallest absolute Gasteiger partial charge is 0.226 e. The van der Waals surface area contributed by atoms with Gasteiger partial charge in [-0.05, 0) is 26.3 Å². The number of carbonyl (C=O) groups excluding carboxylic acids is 1. The Morgan fingerprint density at radius 1 is 1.59 bits per heavy atom. The Kier molecular flexibility index (Phi) is 4.54. The fourth-order valence-corrected chi connectivity index (χ4v) is 3.50. The summed E-state index contributed by atoms with van der Waals surface area (Å²) >= 11 is 1.61. The van der Waals surface area contributed by atoms with Gasteiger partial charge in [-0.3, -0.25) is 9.48 Å². The van der Waals surface area contributed by atoms with Crippen LogP contribution in [0.2, 0.25) is 0 Å². The topological polar surface area (TPSA) is 69.0 Å². The second kappa shape index (κ2) is 6.58. The number of aryl methyl sites for hydroxylation is 2. The molecule has 0 spiro atoms. The van der Waals surface area contributed by atoms with Gasteiger partial charge >= 0.3 is 0 Å². The first-order chi connectivity index (χ1) is 10.7. The van der Waals surface area contributed by atoms with Crippen LogP contribution < -0.4 is 5.32 Å². The monoisotopic (exact) mass is 320 g/mol. The molecule has 1 aliphatic rings. The molecule has 2 aromatic rings. The zero-order valence-corrected chi connectivity index (χ0v) is 13.6. The van der Waals surface area contributed by atoms with Gasteiger partial charge in [0.15, 0.2) is 0 Å². The lowest BCUT2D eigenvalue weighted by Crippen LogP contribution is -2.32. The van der Waals surface area contributed by atoms with Crippen LogP contribution in [0.4, 0.5) is 0 Å². The zero-order valence-electron chi connectivity index (χ0n) is 12.8. The van der Waals surface area contributed by atoms with Crippen molar-refractivity contribution in [3.05, 3.63) is 34.0 Å². The zero-order chi connectivity index (χ0) is 15.5. The van der Waals surface area contributed by atoms with Gasteiger partial charge < -0.3 is 10.1 Å². The van der Waals surface area contributed by atoms with Gasteiger partial charge in [-0.25, -0.2) is 4.98 Å². The van der Waals surface area contributed by atoms with Crippen molar-refractivity contribution < 1.29 is 9.53 Å². The van der Waals surface area contributed by atoms with E-state index in [0.717, 1.165) is 28.5 Å². The Morgan fingerprint density at radius 3 is 3.18 bits per heavy atom. The third-order valence-electron chi connectivity index (χ3n) is 3.85. The summed E-state index contributed by atoms with van der Waals surface area (Å²) in [5.74, 6) is -0.137. The number of rotatable bonds is 5. The first kappa shape index (κ1) is 15.2. The maximum absolute atomic E-state index is 12.5. The lowest BCUT2D eigenvalue weighted by Gasteiger charge is -2.18. The van der Waals surface area contributed by atoms with E-state index in [2.05, 4.69) is 15.4 Å². The molecule has 7 heteroatoms. The third kappa shape index (κ3) is 3.05. The van der Waals surface area contributed by atoms with Gasteiger partial charge in [0.25, 0.3) is 0 Å². The number of amides is 1. The fourth-order valence-electron chi connectivity index (χ4n) is 2.78. The molecule has 2 atom stereocenters. The van der Waals surface area contributed by atoms with E-state index >= 15 is 0 Å². The fraction of sp³-hybridized carbons (Fsp3) is 0.533. The van der Waals surface area contributed by atoms with E-state index in [-0.39, 0.29) is 17.9 Å². The first-order valence-electron chi connectivity index (χ1n) is 7.51. The summed E-state index contributed by atoms with van der Waals surface area (Å²) in [6.45, 7) is 5.90. The summed E-state index contributed by atoms with van der Waals surface area (Å²) in [6.07, 6.45) is 4.12. The highest BCUT2D eigenvalue weighted by Crippen LogP contribution is 2.34. The average Bonchev–Trinajstić information content (AvgIpc) is 3.23. The van der Waals surface area contributed by atoms with Crippen molar-refractivity contribution >= 4 is 17.2 Å². The SMILES string of the molecule is CCn1nccc1[C@@H]1OCC[C@H]1C(=O)NCc1ncc(C)s1. The third-order valence-corrected chi connectivity index (χ3v) is 4.76. The Hall–Kier alpha value is -1.73. The molecule has 2 aromatic heterocycles. The number of nitrogens with zero attached hydrogens (tertiary/aromatic N) is 3. The molecule has 0 unspecified atom stereocenters. The van der Waals surface area contributed by atoms with Gasteiger partial charge in [0.05, 0.1) is 18.2 Å². The Bertz CT molecular complexity index is 652. The predicted octanol–water partition coefficient (Wildman–Crippen LogP) is 2.06. The molecule has 1 amide bonds. The maximum Gasteiger partial charge on any atom is 0.226 e. The van der Waals surface area contributed by atoms with Crippen molar-refractivity contribution in [1.82, 2.24) is 20.1 Å². The van der Waals surface area contributed by atoms with Crippen LogP contribution in [-0.4, -0.2) is 27.3 Å². The molecule has 0 aromatic carbocycles. The minimum atomic E-state index is -0.208. The van der Waals surface area contributed by atoms with E-state index < -0.39 is 0 Å². The van der Waals surface area contributed by atoms with Crippen LogP contribution in [-0.2, 0) is 22.6 Å². The van der Waals surface area contributed by atoms with Gasteiger partial charge in [0, 0.05) is 30.4 Å². The Morgan fingerprint density at radius 2 is 2.45 bits per heavy atom. The molecule has 1 saturated heterocycles. The average molecular weight is 320 g/mol. The molecular formula is C15H20N4O2S. The van der Waals surface area contributed by atoms with Crippen LogP contribution in [0.25, 0.3) is 0 Å². The highest BCUT2D eigenvalue weighted by atomic mass is 32.1. The lowest BCUT2D eigenvalue weighted by atomic mass is 9.98. The van der Waals surface area contributed by atoms with E-state index in [4.69, 9.17) is 4.74 Å². The molecule has 1 N–H and O–H groups in total.